The number of rotatable bonds is 30. The van der Waals surface area contributed by atoms with Crippen LogP contribution in [0.2, 0.25) is 0 Å². The first kappa shape index (κ1) is 71.9. The van der Waals surface area contributed by atoms with Crippen LogP contribution in [0.1, 0.15) is 118 Å². The molecule has 2 aliphatic heterocycles. The number of fused-ring (bicyclic) bond motifs is 2. The smallest absolute Gasteiger partial charge is 0.276 e. The van der Waals surface area contributed by atoms with Crippen LogP contribution in [-0.4, -0.2) is 191 Å². The third-order valence-electron chi connectivity index (χ3n) is 17.1. The number of aromatic nitrogens is 9. The number of ether oxygens (including phenoxy) is 4. The number of nitrogens with two attached hydrogens (primary N) is 1. The van der Waals surface area contributed by atoms with Crippen molar-refractivity contribution in [3.63, 3.8) is 0 Å². The second-order valence-corrected chi connectivity index (χ2v) is 26.3. The normalized spacial score (nSPS) is 15.4. The SMILES string of the molecule is CCn1nc(C)cc1C(=O)Nc1nc2cc(C(=O)NCCOCCC(=O)NC(C(=O)N3CC(O)CC3C(=O)NCc3ccc(-c4scnc4C)cc3)C(C)(C)C)cc(OC)c2n1CC=CCn1c(NC(=O)c2cc(C)nn2CC)nc2cc(C(N)=O)cc(OCCCN3CCOCC3)c21. The molecule has 0 aliphatic carbocycles. The number of aliphatic hydroxyl groups excluding tert-OH is 1. The van der Waals surface area contributed by atoms with Gasteiger partial charge >= 0.3 is 0 Å². The van der Waals surface area contributed by atoms with Crippen molar-refractivity contribution in [2.75, 3.05) is 83.5 Å². The van der Waals surface area contributed by atoms with Crippen molar-refractivity contribution in [2.24, 2.45) is 11.1 Å². The summed E-state index contributed by atoms with van der Waals surface area (Å²) in [4.78, 5) is 115. The molecule has 99 heavy (non-hydrogen) atoms. The summed E-state index contributed by atoms with van der Waals surface area (Å²) in [6, 6.07) is 15.4. The van der Waals surface area contributed by atoms with Gasteiger partial charge in [-0.05, 0) is 94.0 Å². The number of thiazole rings is 1. The number of nitrogens with zero attached hydrogens (tertiary/aromatic N) is 11. The van der Waals surface area contributed by atoms with Gasteiger partial charge in [-0.15, -0.1) is 11.3 Å². The minimum Gasteiger partial charge on any atom is -0.494 e. The van der Waals surface area contributed by atoms with E-state index >= 15 is 0 Å². The van der Waals surface area contributed by atoms with E-state index in [0.29, 0.717) is 89.9 Å². The summed E-state index contributed by atoms with van der Waals surface area (Å²) in [5, 5.41) is 34.2. The first-order valence-electron chi connectivity index (χ1n) is 33.1. The Bertz CT molecular complexity index is 4290. The molecule has 3 atom stereocenters. The first-order valence-corrected chi connectivity index (χ1v) is 34.0. The fraction of sp³-hybridized carbons (Fsp3) is 0.449. The van der Waals surface area contributed by atoms with Gasteiger partial charge in [-0.3, -0.25) is 58.5 Å². The molecule has 3 unspecified atom stereocenters. The molecule has 5 aromatic heterocycles. The zero-order valence-corrected chi connectivity index (χ0v) is 58.1. The van der Waals surface area contributed by atoms with Crippen LogP contribution in [0.5, 0.6) is 11.5 Å². The Morgan fingerprint density at radius 3 is 1.96 bits per heavy atom. The molecule has 8 N–H and O–H groups in total. The monoisotopic (exact) mass is 1380 g/mol. The molecule has 0 radical (unpaired) electrons. The van der Waals surface area contributed by atoms with Crippen LogP contribution in [0.3, 0.4) is 0 Å². The number of anilines is 2. The van der Waals surface area contributed by atoms with Crippen LogP contribution in [-0.2, 0) is 56.6 Å². The van der Waals surface area contributed by atoms with Gasteiger partial charge in [-0.1, -0.05) is 57.2 Å². The molecular formula is C69H87N17O12S. The molecule has 30 heteroatoms. The van der Waals surface area contributed by atoms with E-state index in [2.05, 4.69) is 46.7 Å². The van der Waals surface area contributed by atoms with Crippen LogP contribution in [0, 0.1) is 26.2 Å². The minimum absolute atomic E-state index is 0.0222. The summed E-state index contributed by atoms with van der Waals surface area (Å²) in [7, 11) is 1.45. The molecule has 0 spiro atoms. The molecule has 10 rings (SSSR count). The Morgan fingerprint density at radius 2 is 1.38 bits per heavy atom. The Labute approximate surface area is 576 Å². The topological polar surface area (TPSA) is 353 Å². The number of hydrogen-bond donors (Lipinski definition) is 7. The number of benzene rings is 3. The third-order valence-corrected chi connectivity index (χ3v) is 18.1. The number of β-amino-alcohol motifs (C(OH)–C–C–N with tert-alkyl or cyclic N) is 1. The number of carbonyl (C=O) groups is 7. The fourth-order valence-corrected chi connectivity index (χ4v) is 12.9. The van der Waals surface area contributed by atoms with Crippen molar-refractivity contribution < 1.29 is 57.6 Å². The summed E-state index contributed by atoms with van der Waals surface area (Å²) in [6.07, 6.45) is 3.34. The van der Waals surface area contributed by atoms with Gasteiger partial charge in [-0.25, -0.2) is 15.0 Å². The van der Waals surface area contributed by atoms with Gasteiger partial charge in [0, 0.05) is 89.4 Å². The van der Waals surface area contributed by atoms with Crippen molar-refractivity contribution in [3.8, 4) is 21.9 Å². The number of aryl methyl sites for hydroxylation is 5. The molecule has 0 bridgehead atoms. The molecule has 0 saturated carbocycles. The highest BCUT2D eigenvalue weighted by atomic mass is 32.1. The van der Waals surface area contributed by atoms with Gasteiger partial charge in [0.2, 0.25) is 35.5 Å². The van der Waals surface area contributed by atoms with Crippen LogP contribution < -0.4 is 41.8 Å². The van der Waals surface area contributed by atoms with E-state index < -0.39 is 65.0 Å². The number of methoxy groups -OCH3 is 1. The van der Waals surface area contributed by atoms with Crippen LogP contribution in [0.25, 0.3) is 32.5 Å². The Morgan fingerprint density at radius 1 is 0.778 bits per heavy atom. The molecule has 2 fully saturated rings. The van der Waals surface area contributed by atoms with E-state index in [-0.39, 0.29) is 87.6 Å². The second kappa shape index (κ2) is 32.2. The molecular weight excluding hydrogens is 1290 g/mol. The number of carbonyl (C=O) groups excluding carboxylic acids is 7. The molecule has 3 aromatic carbocycles. The zero-order valence-electron chi connectivity index (χ0n) is 57.3. The Kier molecular flexibility index (Phi) is 23.4. The zero-order chi connectivity index (χ0) is 70.7. The van der Waals surface area contributed by atoms with E-state index in [0.717, 1.165) is 41.3 Å². The number of imidazole rings is 2. The summed E-state index contributed by atoms with van der Waals surface area (Å²) < 4.78 is 30.4. The van der Waals surface area contributed by atoms with E-state index in [1.165, 1.54) is 12.0 Å². The summed E-state index contributed by atoms with van der Waals surface area (Å²) in [6.45, 7) is 19.9. The predicted octanol–water partition coefficient (Wildman–Crippen LogP) is 5.78. The molecule has 7 heterocycles. The molecule has 7 amide bonds. The van der Waals surface area contributed by atoms with Gasteiger partial charge in [0.25, 0.3) is 17.7 Å². The quantitative estimate of drug-likeness (QED) is 0.0207. The number of allylic oxidation sites excluding steroid dienone is 2. The second-order valence-electron chi connectivity index (χ2n) is 25.4. The molecule has 29 nitrogen and oxygen atoms in total. The average molecular weight is 1380 g/mol. The summed E-state index contributed by atoms with van der Waals surface area (Å²) in [5.41, 5.74) is 13.6. The summed E-state index contributed by atoms with van der Waals surface area (Å²) >= 11 is 1.55. The lowest BCUT2D eigenvalue weighted by Crippen LogP contribution is -2.57. The predicted molar refractivity (Wildman–Crippen MR) is 372 cm³/mol. The van der Waals surface area contributed by atoms with Gasteiger partial charge in [0.05, 0.1) is 84.8 Å². The first-order chi connectivity index (χ1) is 47.5. The largest absolute Gasteiger partial charge is 0.494 e. The number of likely N-dealkylation sites (tertiary alicyclic amines) is 1. The molecule has 2 aliphatic rings. The molecule has 8 aromatic rings. The lowest BCUT2D eigenvalue weighted by atomic mass is 9.85. The number of aliphatic hydroxyl groups is 1. The number of amides is 7. The van der Waals surface area contributed by atoms with Gasteiger partial charge in [-0.2, -0.15) is 10.2 Å². The molecule has 2 saturated heterocycles. The standard InChI is InChI=1S/C69H87N17O12S/c1-10-85-52(31-41(3)79-85)64(92)77-67-75-50-34-47(62(90)71-20-28-96-27-19-56(88)76-60(69(6,7)8)66(94)84-39-48(87)37-51(84)63(91)72-38-44-15-17-45(18-16-44)59-43(5)73-40-99-59)36-54(95-9)57(50)82(67)22-12-13-23-83-58-49(74-68(83)78-65(93)53-32-42(4)80-86(53)11-2)33-46(61(70)89)35-55(58)98-26-14-21-81-24-29-97-30-25-81/h12-13,15-18,31-36,40,48,51,60,87H,10-11,14,19-30,37-39H2,1-9H3,(H2,70,89)(H,71,90)(H,72,91)(H,76,88)(H,74,78,93)(H,75,77,92). The van der Waals surface area contributed by atoms with Crippen molar-refractivity contribution in [3.05, 3.63) is 123 Å². The number of morpholine rings is 1. The van der Waals surface area contributed by atoms with E-state index in [1.807, 2.05) is 57.2 Å². The van der Waals surface area contributed by atoms with Crippen LogP contribution in [0.4, 0.5) is 11.9 Å². The van der Waals surface area contributed by atoms with Crippen molar-refractivity contribution in [1.29, 1.82) is 0 Å². The van der Waals surface area contributed by atoms with Crippen molar-refractivity contribution >= 4 is 86.7 Å². The van der Waals surface area contributed by atoms with Crippen molar-refractivity contribution in [1.82, 2.24) is 69.4 Å². The highest BCUT2D eigenvalue weighted by Gasteiger charge is 2.44. The van der Waals surface area contributed by atoms with Crippen LogP contribution in [0.15, 0.2) is 78.3 Å². The third kappa shape index (κ3) is 17.3. The Hall–Kier alpha value is -9.88. The van der Waals surface area contributed by atoms with E-state index in [4.69, 9.17) is 34.6 Å². The Balaban J connectivity index is 0.808. The maximum Gasteiger partial charge on any atom is 0.276 e. The average Bonchev–Trinajstić information content (AvgIpc) is 1.64. The number of nitrogens with one attached hydrogen (secondary N) is 5. The maximum absolute atomic E-state index is 14.3. The van der Waals surface area contributed by atoms with E-state index in [9.17, 15) is 38.7 Å². The van der Waals surface area contributed by atoms with Crippen molar-refractivity contribution in [2.45, 2.75) is 126 Å². The highest BCUT2D eigenvalue weighted by molar-refractivity contribution is 7.13. The van der Waals surface area contributed by atoms with Gasteiger partial charge in [0.1, 0.15) is 46.0 Å². The summed E-state index contributed by atoms with van der Waals surface area (Å²) in [5.74, 6) is -2.62. The fourth-order valence-electron chi connectivity index (χ4n) is 12.1. The molecule has 526 valence electrons. The van der Waals surface area contributed by atoms with Crippen LogP contribution >= 0.6 is 11.3 Å². The lowest BCUT2D eigenvalue weighted by Gasteiger charge is -2.35. The highest BCUT2D eigenvalue weighted by Crippen LogP contribution is 2.35. The van der Waals surface area contributed by atoms with E-state index in [1.54, 1.807) is 106 Å². The lowest BCUT2D eigenvalue weighted by molar-refractivity contribution is -0.144. The number of hydrogen-bond acceptors (Lipinski definition) is 19. The number of primary amides is 1. The maximum atomic E-state index is 14.3. The van der Waals surface area contributed by atoms with Gasteiger partial charge < -0.3 is 59.8 Å². The minimum atomic E-state index is -1.04. The van der Waals surface area contributed by atoms with Gasteiger partial charge in [0.15, 0.2) is 0 Å².